The van der Waals surface area contributed by atoms with Gasteiger partial charge in [-0.1, -0.05) is 0 Å². The molecule has 1 fully saturated rings. The quantitative estimate of drug-likeness (QED) is 0.719. The summed E-state index contributed by atoms with van der Waals surface area (Å²) in [6, 6.07) is -2.42. The average Bonchev–Trinajstić information content (AvgIpc) is 2.15. The number of carbonyl (C=O) groups is 1. The van der Waals surface area contributed by atoms with E-state index >= 15 is 0 Å². The Morgan fingerprint density at radius 3 is 2.20 bits per heavy atom. The van der Waals surface area contributed by atoms with E-state index in [0.29, 0.717) is 0 Å². The van der Waals surface area contributed by atoms with Crippen LogP contribution in [0.15, 0.2) is 0 Å². The molecule has 1 aliphatic rings. The van der Waals surface area contributed by atoms with Crippen molar-refractivity contribution in [1.29, 1.82) is 0 Å². The van der Waals surface area contributed by atoms with Crippen molar-refractivity contribution in [3.63, 3.8) is 0 Å². The van der Waals surface area contributed by atoms with Crippen molar-refractivity contribution in [3.8, 4) is 0 Å². The van der Waals surface area contributed by atoms with Crippen LogP contribution in [0.1, 0.15) is 0 Å². The summed E-state index contributed by atoms with van der Waals surface area (Å²) in [5.74, 6) is -1.08. The van der Waals surface area contributed by atoms with Gasteiger partial charge in [0.25, 0.3) is 0 Å². The summed E-state index contributed by atoms with van der Waals surface area (Å²) in [6.45, 7) is 0.859. The van der Waals surface area contributed by atoms with Crippen molar-refractivity contribution in [2.24, 2.45) is 5.73 Å². The predicted molar refractivity (Wildman–Crippen MR) is 48.7 cm³/mol. The zero-order valence-corrected chi connectivity index (χ0v) is 8.61. The second-order valence-electron chi connectivity index (χ2n) is 2.96. The van der Waals surface area contributed by atoms with Gasteiger partial charge in [-0.05, 0) is 0 Å². The number of alkyl halides is 3. The molecule has 0 saturated carbocycles. The molecule has 15 heavy (non-hydrogen) atoms. The SMILES string of the molecule is Cl.NC(C(=O)N1CCOCC1)C(F)(F)F. The van der Waals surface area contributed by atoms with Crippen LogP contribution in [0.2, 0.25) is 0 Å². The van der Waals surface area contributed by atoms with Gasteiger partial charge in [-0.3, -0.25) is 4.79 Å². The molecule has 0 aromatic carbocycles. The van der Waals surface area contributed by atoms with Crippen molar-refractivity contribution in [3.05, 3.63) is 0 Å². The second kappa shape index (κ2) is 5.53. The lowest BCUT2D eigenvalue weighted by Gasteiger charge is -2.29. The normalized spacial score (nSPS) is 19.3. The number of hydrogen-bond donors (Lipinski definition) is 1. The number of nitrogens with zero attached hydrogens (tertiary/aromatic N) is 1. The summed E-state index contributed by atoms with van der Waals surface area (Å²) in [7, 11) is 0. The Kier molecular flexibility index (Phi) is 5.33. The van der Waals surface area contributed by atoms with Gasteiger partial charge in [-0.25, -0.2) is 0 Å². The minimum atomic E-state index is -4.67. The van der Waals surface area contributed by atoms with E-state index in [-0.39, 0.29) is 38.7 Å². The number of carbonyl (C=O) groups excluding carboxylic acids is 1. The van der Waals surface area contributed by atoms with Gasteiger partial charge in [0.05, 0.1) is 13.2 Å². The summed E-state index contributed by atoms with van der Waals surface area (Å²) in [6.07, 6.45) is -4.67. The van der Waals surface area contributed by atoms with Crippen LogP contribution < -0.4 is 5.73 Å². The maximum Gasteiger partial charge on any atom is 0.412 e. The van der Waals surface area contributed by atoms with E-state index in [1.807, 2.05) is 0 Å². The molecule has 0 aromatic rings. The molecule has 1 saturated heterocycles. The highest BCUT2D eigenvalue weighted by molar-refractivity contribution is 5.85. The zero-order valence-electron chi connectivity index (χ0n) is 7.79. The van der Waals surface area contributed by atoms with Crippen LogP contribution in [0.4, 0.5) is 13.2 Å². The molecule has 1 rings (SSSR count). The highest BCUT2D eigenvalue weighted by Crippen LogP contribution is 2.20. The Morgan fingerprint density at radius 1 is 1.33 bits per heavy atom. The van der Waals surface area contributed by atoms with Crippen molar-refractivity contribution < 1.29 is 22.7 Å². The first-order chi connectivity index (χ1) is 6.43. The molecule has 1 amide bonds. The third-order valence-electron chi connectivity index (χ3n) is 1.94. The fourth-order valence-corrected chi connectivity index (χ4v) is 1.12. The molecule has 1 aliphatic heterocycles. The molecule has 4 nitrogen and oxygen atoms in total. The lowest BCUT2D eigenvalue weighted by atomic mass is 10.2. The van der Waals surface area contributed by atoms with Gasteiger partial charge < -0.3 is 15.4 Å². The summed E-state index contributed by atoms with van der Waals surface area (Å²) < 4.78 is 41.1. The Hall–Kier alpha value is -0.530. The second-order valence-corrected chi connectivity index (χ2v) is 2.96. The fraction of sp³-hybridized carbons (Fsp3) is 0.857. The van der Waals surface area contributed by atoms with Crippen LogP contribution in [0, 0.1) is 0 Å². The van der Waals surface area contributed by atoms with Gasteiger partial charge >= 0.3 is 6.18 Å². The molecule has 0 aromatic heterocycles. The Balaban J connectivity index is 0.00000196. The van der Waals surface area contributed by atoms with Crippen molar-refractivity contribution in [2.45, 2.75) is 12.2 Å². The van der Waals surface area contributed by atoms with Crippen LogP contribution in [0.3, 0.4) is 0 Å². The molecule has 0 bridgehead atoms. The van der Waals surface area contributed by atoms with Gasteiger partial charge in [0, 0.05) is 13.1 Å². The first-order valence-corrected chi connectivity index (χ1v) is 4.12. The van der Waals surface area contributed by atoms with E-state index in [1.54, 1.807) is 0 Å². The molecule has 90 valence electrons. The van der Waals surface area contributed by atoms with E-state index in [2.05, 4.69) is 0 Å². The molecule has 1 unspecified atom stereocenters. The first kappa shape index (κ1) is 14.5. The van der Waals surface area contributed by atoms with E-state index in [1.165, 1.54) is 0 Å². The lowest BCUT2D eigenvalue weighted by Crippen LogP contribution is -2.54. The molecule has 2 N–H and O–H groups in total. The van der Waals surface area contributed by atoms with Gasteiger partial charge in [0.2, 0.25) is 5.91 Å². The first-order valence-electron chi connectivity index (χ1n) is 4.12. The molecule has 0 radical (unpaired) electrons. The highest BCUT2D eigenvalue weighted by Gasteiger charge is 2.43. The molecule has 0 spiro atoms. The zero-order chi connectivity index (χ0) is 10.8. The van der Waals surface area contributed by atoms with Crippen LogP contribution in [0.5, 0.6) is 0 Å². The largest absolute Gasteiger partial charge is 0.412 e. The Labute approximate surface area is 90.9 Å². The monoisotopic (exact) mass is 248 g/mol. The van der Waals surface area contributed by atoms with Crippen molar-refractivity contribution >= 4 is 18.3 Å². The van der Waals surface area contributed by atoms with Gasteiger partial charge in [0.15, 0.2) is 6.04 Å². The van der Waals surface area contributed by atoms with Crippen molar-refractivity contribution in [1.82, 2.24) is 4.90 Å². The Bertz CT molecular complexity index is 219. The van der Waals surface area contributed by atoms with E-state index in [0.717, 1.165) is 4.90 Å². The predicted octanol–water partition coefficient (Wildman–Crippen LogP) is 0.157. The van der Waals surface area contributed by atoms with Gasteiger partial charge in [-0.15, -0.1) is 12.4 Å². The maximum absolute atomic E-state index is 12.1. The molecule has 8 heteroatoms. The standard InChI is InChI=1S/C7H11F3N2O2.ClH/c8-7(9,10)5(11)6(13)12-1-3-14-4-2-12;/h5H,1-4,11H2;1H. The minimum absolute atomic E-state index is 0. The Morgan fingerprint density at radius 2 is 1.80 bits per heavy atom. The minimum Gasteiger partial charge on any atom is -0.378 e. The van der Waals surface area contributed by atoms with Crippen LogP contribution in [-0.2, 0) is 9.53 Å². The summed E-state index contributed by atoms with van der Waals surface area (Å²) in [4.78, 5) is 12.2. The summed E-state index contributed by atoms with van der Waals surface area (Å²) >= 11 is 0. The van der Waals surface area contributed by atoms with E-state index < -0.39 is 18.1 Å². The third-order valence-corrected chi connectivity index (χ3v) is 1.94. The van der Waals surface area contributed by atoms with Gasteiger partial charge in [0.1, 0.15) is 0 Å². The third kappa shape index (κ3) is 3.84. The van der Waals surface area contributed by atoms with E-state index in [4.69, 9.17) is 10.5 Å². The molecule has 0 aliphatic carbocycles. The fourth-order valence-electron chi connectivity index (χ4n) is 1.12. The topological polar surface area (TPSA) is 55.6 Å². The van der Waals surface area contributed by atoms with Crippen molar-refractivity contribution in [2.75, 3.05) is 26.3 Å². The van der Waals surface area contributed by atoms with Gasteiger partial charge in [-0.2, -0.15) is 13.2 Å². The number of ether oxygens (including phenoxy) is 1. The molecular formula is C7H12ClF3N2O2. The average molecular weight is 249 g/mol. The van der Waals surface area contributed by atoms with Crippen LogP contribution in [0.25, 0.3) is 0 Å². The molecule has 1 atom stereocenters. The number of rotatable bonds is 1. The highest BCUT2D eigenvalue weighted by atomic mass is 35.5. The molecule has 1 heterocycles. The van der Waals surface area contributed by atoms with Crippen LogP contribution >= 0.6 is 12.4 Å². The summed E-state index contributed by atoms with van der Waals surface area (Å²) in [5, 5.41) is 0. The lowest BCUT2D eigenvalue weighted by molar-refractivity contribution is -0.172. The smallest absolute Gasteiger partial charge is 0.378 e. The van der Waals surface area contributed by atoms with E-state index in [9.17, 15) is 18.0 Å². The van der Waals surface area contributed by atoms with Crippen LogP contribution in [-0.4, -0.2) is 49.3 Å². The number of amides is 1. The summed E-state index contributed by atoms with van der Waals surface area (Å²) in [5.41, 5.74) is 4.77. The number of morpholine rings is 1. The number of halogens is 4. The number of hydrogen-bond acceptors (Lipinski definition) is 3. The number of nitrogens with two attached hydrogens (primary N) is 1. The molecular weight excluding hydrogens is 237 g/mol. The maximum atomic E-state index is 12.1.